The lowest BCUT2D eigenvalue weighted by molar-refractivity contribution is 0.0501. The molecule has 0 saturated heterocycles. The van der Waals surface area contributed by atoms with Gasteiger partial charge in [-0.3, -0.25) is 19.8 Å². The van der Waals surface area contributed by atoms with E-state index in [2.05, 4.69) is 20.1 Å². The average molecular weight is 459 g/mol. The minimum atomic E-state index is -0.976. The summed E-state index contributed by atoms with van der Waals surface area (Å²) in [6.45, 7) is 0. The maximum Gasteiger partial charge on any atom is 0.387 e. The molecule has 0 radical (unpaired) electrons. The van der Waals surface area contributed by atoms with Crippen LogP contribution in [0.4, 0.5) is 0 Å². The highest BCUT2D eigenvalue weighted by Crippen LogP contribution is 2.30. The van der Waals surface area contributed by atoms with Crippen LogP contribution in [0, 0.1) is 10.3 Å². The second-order valence-corrected chi connectivity index (χ2v) is 7.74. The summed E-state index contributed by atoms with van der Waals surface area (Å²) < 4.78 is 3.39. The number of hydrogen-bond acceptors (Lipinski definition) is 7. The topological polar surface area (TPSA) is 115 Å². The Kier molecular flexibility index (Phi) is 4.95. The number of aromatic nitrogens is 4. The van der Waals surface area contributed by atoms with Gasteiger partial charge in [-0.2, -0.15) is 0 Å². The summed E-state index contributed by atoms with van der Waals surface area (Å²) in [4.78, 5) is 35.0. The van der Waals surface area contributed by atoms with Crippen molar-refractivity contribution in [3.63, 3.8) is 0 Å². The molecule has 1 N–H and O–H groups in total. The standard InChI is InChI=1S/C23H15ClN6O3/c1-29-20-12-27-18-7-4-14(13-2-5-15(24)6-3-13)10-17(18)21(20)30(23(29)25)16-8-9-26-19(11-16)22(31)33-28-32/h2-12,25H,1H3. The Balaban J connectivity index is 1.80. The maximum atomic E-state index is 12.0. The minimum absolute atomic E-state index is 0.101. The Bertz CT molecular complexity index is 1620. The minimum Gasteiger partial charge on any atom is -0.312 e. The Morgan fingerprint density at radius 2 is 1.82 bits per heavy atom. The zero-order valence-corrected chi connectivity index (χ0v) is 17.9. The SMILES string of the molecule is Cn1c(=N)n(-c2ccnc(C(=O)ON=O)c2)c2c3cc(-c4ccc(Cl)cc4)ccc3ncc21. The van der Waals surface area contributed by atoms with Crippen LogP contribution >= 0.6 is 11.6 Å². The van der Waals surface area contributed by atoms with E-state index in [1.807, 2.05) is 42.5 Å². The Morgan fingerprint density at radius 3 is 2.58 bits per heavy atom. The van der Waals surface area contributed by atoms with Gasteiger partial charge in [0.25, 0.3) is 0 Å². The molecular weight excluding hydrogens is 444 g/mol. The van der Waals surface area contributed by atoms with Crippen molar-refractivity contribution in [1.29, 1.82) is 5.41 Å². The molecule has 3 heterocycles. The summed E-state index contributed by atoms with van der Waals surface area (Å²) in [5, 5.41) is 12.4. The summed E-state index contributed by atoms with van der Waals surface area (Å²) in [5.41, 5.74) is 4.74. The average Bonchev–Trinajstić information content (AvgIpc) is 3.10. The molecule has 0 fully saturated rings. The molecule has 10 heteroatoms. The number of benzene rings is 2. The first kappa shape index (κ1) is 20.5. The Morgan fingerprint density at radius 1 is 1.06 bits per heavy atom. The van der Waals surface area contributed by atoms with Crippen molar-refractivity contribution in [1.82, 2.24) is 19.1 Å². The molecule has 0 aliphatic carbocycles. The number of carbonyl (C=O) groups excluding carboxylic acids is 1. The van der Waals surface area contributed by atoms with Crippen LogP contribution in [-0.4, -0.2) is 25.1 Å². The van der Waals surface area contributed by atoms with Gasteiger partial charge in [0.05, 0.1) is 28.4 Å². The monoisotopic (exact) mass is 458 g/mol. The molecule has 3 aromatic heterocycles. The molecule has 0 bridgehead atoms. The van der Waals surface area contributed by atoms with Crippen LogP contribution in [0.5, 0.6) is 0 Å². The van der Waals surface area contributed by atoms with E-state index in [1.165, 1.54) is 12.3 Å². The molecule has 0 amide bonds. The van der Waals surface area contributed by atoms with Gasteiger partial charge in [-0.05, 0) is 47.5 Å². The lowest BCUT2D eigenvalue weighted by Gasteiger charge is -2.09. The lowest BCUT2D eigenvalue weighted by atomic mass is 10.0. The van der Waals surface area contributed by atoms with Gasteiger partial charge in [-0.1, -0.05) is 29.8 Å². The summed E-state index contributed by atoms with van der Waals surface area (Å²) in [6.07, 6.45) is 3.12. The first-order valence-corrected chi connectivity index (χ1v) is 10.2. The number of hydrogen-bond donors (Lipinski definition) is 1. The van der Waals surface area contributed by atoms with Crippen LogP contribution < -0.4 is 5.62 Å². The fourth-order valence-corrected chi connectivity index (χ4v) is 3.97. The van der Waals surface area contributed by atoms with Gasteiger partial charge in [-0.15, -0.1) is 4.91 Å². The number of nitrogens with zero attached hydrogens (tertiary/aromatic N) is 5. The van der Waals surface area contributed by atoms with E-state index >= 15 is 0 Å². The number of imidazole rings is 1. The van der Waals surface area contributed by atoms with Crippen LogP contribution in [0.25, 0.3) is 38.8 Å². The van der Waals surface area contributed by atoms with Crippen LogP contribution in [-0.2, 0) is 11.9 Å². The molecule has 2 aromatic carbocycles. The third kappa shape index (κ3) is 3.44. The number of pyridine rings is 2. The normalized spacial score (nSPS) is 11.1. The number of rotatable bonds is 4. The highest BCUT2D eigenvalue weighted by molar-refractivity contribution is 6.30. The van der Waals surface area contributed by atoms with E-state index in [0.717, 1.165) is 33.1 Å². The number of nitrogens with one attached hydrogen (secondary N) is 1. The van der Waals surface area contributed by atoms with E-state index in [0.29, 0.717) is 10.7 Å². The lowest BCUT2D eigenvalue weighted by Crippen LogP contribution is -2.21. The molecule has 0 unspecified atom stereocenters. The van der Waals surface area contributed by atoms with Crippen LogP contribution in [0.1, 0.15) is 10.5 Å². The third-order valence-corrected chi connectivity index (χ3v) is 5.70. The quantitative estimate of drug-likeness (QED) is 0.313. The van der Waals surface area contributed by atoms with Crippen molar-refractivity contribution in [2.75, 3.05) is 0 Å². The molecule has 9 nitrogen and oxygen atoms in total. The first-order chi connectivity index (χ1) is 16.0. The van der Waals surface area contributed by atoms with Gasteiger partial charge in [-0.25, -0.2) is 9.78 Å². The Hall–Kier alpha value is -4.37. The van der Waals surface area contributed by atoms with Crippen molar-refractivity contribution < 1.29 is 9.63 Å². The molecule has 162 valence electrons. The van der Waals surface area contributed by atoms with Gasteiger partial charge >= 0.3 is 5.97 Å². The third-order valence-electron chi connectivity index (χ3n) is 5.44. The van der Waals surface area contributed by atoms with E-state index in [4.69, 9.17) is 17.0 Å². The van der Waals surface area contributed by atoms with Gasteiger partial charge < -0.3 is 4.57 Å². The summed E-state index contributed by atoms with van der Waals surface area (Å²) in [5.74, 6) is -0.976. The van der Waals surface area contributed by atoms with Crippen LogP contribution in [0.2, 0.25) is 5.02 Å². The Labute approximate surface area is 191 Å². The molecule has 0 atom stereocenters. The van der Waals surface area contributed by atoms with Gasteiger partial charge in [0.1, 0.15) is 0 Å². The van der Waals surface area contributed by atoms with Crippen LogP contribution in [0.15, 0.2) is 72.3 Å². The molecule has 0 saturated carbocycles. The molecule has 0 spiro atoms. The number of carbonyl (C=O) groups is 1. The van der Waals surface area contributed by atoms with E-state index in [1.54, 1.807) is 28.4 Å². The molecule has 5 aromatic rings. The number of halogens is 1. The maximum absolute atomic E-state index is 12.0. The first-order valence-electron chi connectivity index (χ1n) is 9.79. The van der Waals surface area contributed by atoms with Crippen LogP contribution in [0.3, 0.4) is 0 Å². The van der Waals surface area contributed by atoms with Crippen molar-refractivity contribution in [3.05, 3.63) is 88.2 Å². The second-order valence-electron chi connectivity index (χ2n) is 7.30. The van der Waals surface area contributed by atoms with E-state index < -0.39 is 5.97 Å². The summed E-state index contributed by atoms with van der Waals surface area (Å²) >= 11 is 6.04. The number of fused-ring (bicyclic) bond motifs is 3. The largest absolute Gasteiger partial charge is 0.387 e. The van der Waals surface area contributed by atoms with E-state index in [-0.39, 0.29) is 11.3 Å². The highest BCUT2D eigenvalue weighted by atomic mass is 35.5. The fraction of sp³-hybridized carbons (Fsp3) is 0.0435. The molecular formula is C23H15ClN6O3. The summed E-state index contributed by atoms with van der Waals surface area (Å²) in [7, 11) is 1.77. The fourth-order valence-electron chi connectivity index (χ4n) is 3.84. The van der Waals surface area contributed by atoms with Crippen molar-refractivity contribution in [2.24, 2.45) is 12.4 Å². The van der Waals surface area contributed by atoms with Gasteiger partial charge in [0.2, 0.25) is 5.62 Å². The molecule has 33 heavy (non-hydrogen) atoms. The molecule has 0 aliphatic heterocycles. The van der Waals surface area contributed by atoms with Crippen molar-refractivity contribution in [3.8, 4) is 16.8 Å². The highest BCUT2D eigenvalue weighted by Gasteiger charge is 2.17. The van der Waals surface area contributed by atoms with Gasteiger partial charge in [0.15, 0.2) is 11.0 Å². The van der Waals surface area contributed by atoms with E-state index in [9.17, 15) is 9.70 Å². The second kappa shape index (κ2) is 7.95. The van der Waals surface area contributed by atoms with Gasteiger partial charge in [0, 0.05) is 23.7 Å². The smallest absolute Gasteiger partial charge is 0.312 e. The number of aryl methyl sites for hydroxylation is 1. The van der Waals surface area contributed by atoms with Crippen molar-refractivity contribution >= 4 is 39.5 Å². The zero-order chi connectivity index (χ0) is 23.1. The zero-order valence-electron chi connectivity index (χ0n) is 17.2. The predicted octanol–water partition coefficient (Wildman–Crippen LogP) is 4.55. The predicted molar refractivity (Wildman–Crippen MR) is 123 cm³/mol. The molecule has 0 aliphatic rings. The molecule has 5 rings (SSSR count). The van der Waals surface area contributed by atoms with Crippen molar-refractivity contribution in [2.45, 2.75) is 0 Å². The summed E-state index contributed by atoms with van der Waals surface area (Å²) in [6, 6.07) is 16.6.